The van der Waals surface area contributed by atoms with Gasteiger partial charge in [0.1, 0.15) is 16.5 Å². The minimum absolute atomic E-state index is 0.155. The molecule has 4 aromatic rings. The molecule has 31 heavy (non-hydrogen) atoms. The molecule has 2 heterocycles. The van der Waals surface area contributed by atoms with Gasteiger partial charge in [0.05, 0.1) is 31.7 Å². The van der Waals surface area contributed by atoms with E-state index in [1.54, 1.807) is 50.9 Å². The van der Waals surface area contributed by atoms with Crippen LogP contribution in [0.5, 0.6) is 11.5 Å². The van der Waals surface area contributed by atoms with Crippen molar-refractivity contribution in [2.24, 2.45) is 0 Å². The summed E-state index contributed by atoms with van der Waals surface area (Å²) in [5.74, 6) is 1.36. The minimum atomic E-state index is -0.265. The van der Waals surface area contributed by atoms with Crippen LogP contribution in [0.3, 0.4) is 0 Å². The maximum Gasteiger partial charge on any atom is 0.273 e. The predicted octanol–water partition coefficient (Wildman–Crippen LogP) is 3.34. The Morgan fingerprint density at radius 2 is 1.87 bits per heavy atom. The zero-order valence-corrected chi connectivity index (χ0v) is 18.0. The molecular weight excluding hydrogens is 416 g/mol. The van der Waals surface area contributed by atoms with Gasteiger partial charge < -0.3 is 19.4 Å². The lowest BCUT2D eigenvalue weighted by atomic mass is 10.2. The fourth-order valence-corrected chi connectivity index (χ4v) is 3.97. The number of rotatable bonds is 6. The molecule has 0 bridgehead atoms. The average Bonchev–Trinajstić information content (AvgIpc) is 3.28. The van der Waals surface area contributed by atoms with Crippen molar-refractivity contribution >= 4 is 28.1 Å². The van der Waals surface area contributed by atoms with Crippen molar-refractivity contribution < 1.29 is 14.3 Å². The number of H-pyrrole nitrogens is 1. The van der Waals surface area contributed by atoms with Gasteiger partial charge in [-0.1, -0.05) is 12.1 Å². The Labute approximate surface area is 182 Å². The summed E-state index contributed by atoms with van der Waals surface area (Å²) in [7, 11) is 4.79. The van der Waals surface area contributed by atoms with Crippen LogP contribution in [0.4, 0.5) is 0 Å². The van der Waals surface area contributed by atoms with Gasteiger partial charge in [-0.15, -0.1) is 11.3 Å². The Morgan fingerprint density at radius 3 is 2.65 bits per heavy atom. The van der Waals surface area contributed by atoms with E-state index in [4.69, 9.17) is 9.47 Å². The highest BCUT2D eigenvalue weighted by molar-refractivity contribution is 7.13. The van der Waals surface area contributed by atoms with Crippen molar-refractivity contribution in [3.8, 4) is 22.1 Å². The number of fused-ring (bicyclic) bond motifs is 1. The number of aromatic nitrogens is 3. The number of para-hydroxylation sites is 1. The first kappa shape index (κ1) is 20.5. The van der Waals surface area contributed by atoms with Crippen LogP contribution in [-0.2, 0) is 6.54 Å². The van der Waals surface area contributed by atoms with E-state index in [1.807, 2.05) is 18.2 Å². The molecule has 2 aromatic heterocycles. The number of carbonyl (C=O) groups is 1. The number of amides is 1. The van der Waals surface area contributed by atoms with E-state index in [0.717, 1.165) is 5.56 Å². The van der Waals surface area contributed by atoms with Crippen LogP contribution in [0.25, 0.3) is 21.5 Å². The van der Waals surface area contributed by atoms with Crippen molar-refractivity contribution in [1.29, 1.82) is 0 Å². The predicted molar refractivity (Wildman–Crippen MR) is 119 cm³/mol. The van der Waals surface area contributed by atoms with Gasteiger partial charge in [-0.3, -0.25) is 9.59 Å². The van der Waals surface area contributed by atoms with Crippen LogP contribution < -0.4 is 15.0 Å². The van der Waals surface area contributed by atoms with Crippen molar-refractivity contribution in [3.63, 3.8) is 0 Å². The van der Waals surface area contributed by atoms with Gasteiger partial charge in [-0.25, -0.2) is 9.97 Å². The monoisotopic (exact) mass is 436 g/mol. The lowest BCUT2D eigenvalue weighted by Gasteiger charge is -2.15. The van der Waals surface area contributed by atoms with E-state index < -0.39 is 0 Å². The normalized spacial score (nSPS) is 10.8. The molecule has 0 spiro atoms. The molecule has 0 radical (unpaired) electrons. The molecule has 1 N–H and O–H groups in total. The van der Waals surface area contributed by atoms with E-state index >= 15 is 0 Å². The van der Waals surface area contributed by atoms with Gasteiger partial charge in [0, 0.05) is 18.0 Å². The number of nitrogens with zero attached hydrogens (tertiary/aromatic N) is 3. The molecule has 0 fully saturated rings. The van der Waals surface area contributed by atoms with Gasteiger partial charge >= 0.3 is 0 Å². The maximum atomic E-state index is 12.9. The maximum absolute atomic E-state index is 12.9. The van der Waals surface area contributed by atoms with Crippen LogP contribution >= 0.6 is 11.3 Å². The first-order chi connectivity index (χ1) is 15.0. The lowest BCUT2D eigenvalue weighted by Crippen LogP contribution is -2.28. The highest BCUT2D eigenvalue weighted by Crippen LogP contribution is 2.33. The Hall–Kier alpha value is -3.72. The van der Waals surface area contributed by atoms with Crippen molar-refractivity contribution in [1.82, 2.24) is 19.9 Å². The molecule has 2 aromatic carbocycles. The van der Waals surface area contributed by atoms with Crippen LogP contribution in [0.2, 0.25) is 0 Å². The van der Waals surface area contributed by atoms with Gasteiger partial charge in [0.2, 0.25) is 0 Å². The lowest BCUT2D eigenvalue weighted by molar-refractivity contribution is 0.0776. The first-order valence-electron chi connectivity index (χ1n) is 9.41. The molecule has 0 aliphatic carbocycles. The Morgan fingerprint density at radius 1 is 1.10 bits per heavy atom. The second kappa shape index (κ2) is 8.57. The number of aromatic amines is 1. The van der Waals surface area contributed by atoms with E-state index in [9.17, 15) is 9.59 Å². The van der Waals surface area contributed by atoms with Crippen LogP contribution in [0.1, 0.15) is 16.3 Å². The number of benzene rings is 2. The van der Waals surface area contributed by atoms with E-state index in [2.05, 4.69) is 15.0 Å². The Balaban J connectivity index is 1.54. The highest BCUT2D eigenvalue weighted by atomic mass is 32.1. The fourth-order valence-electron chi connectivity index (χ4n) is 3.18. The number of carbonyl (C=O) groups excluding carboxylic acids is 1. The standard InChI is InChI=1S/C22H20N4O4S/c1-26(11-19-23-15-7-5-4-6-14(15)20(27)25-19)22(28)16-12-31-21(24-16)13-8-9-17(29-2)18(10-13)30-3/h4-10,12H,11H2,1-3H3,(H,23,25,27). The van der Waals surface area contributed by atoms with Gasteiger partial charge in [-0.05, 0) is 30.3 Å². The number of hydrogen-bond donors (Lipinski definition) is 1. The third-order valence-corrected chi connectivity index (χ3v) is 5.64. The molecule has 0 aliphatic heterocycles. The topological polar surface area (TPSA) is 97.4 Å². The highest BCUT2D eigenvalue weighted by Gasteiger charge is 2.18. The fraction of sp³-hybridized carbons (Fsp3) is 0.182. The van der Waals surface area contributed by atoms with Crippen molar-refractivity contribution in [3.05, 3.63) is 69.7 Å². The third-order valence-electron chi connectivity index (χ3n) is 4.75. The number of nitrogens with one attached hydrogen (secondary N) is 1. The van der Waals surface area contributed by atoms with Crippen LogP contribution in [0.15, 0.2) is 52.6 Å². The zero-order chi connectivity index (χ0) is 22.0. The summed E-state index contributed by atoms with van der Waals surface area (Å²) in [6, 6.07) is 12.6. The largest absolute Gasteiger partial charge is 0.493 e. The number of thiazole rings is 1. The molecular formula is C22H20N4O4S. The molecule has 158 valence electrons. The smallest absolute Gasteiger partial charge is 0.273 e. The molecule has 4 rings (SSSR count). The van der Waals surface area contributed by atoms with Crippen molar-refractivity contribution in [2.45, 2.75) is 6.54 Å². The molecule has 0 atom stereocenters. The van der Waals surface area contributed by atoms with Crippen LogP contribution in [-0.4, -0.2) is 47.0 Å². The van der Waals surface area contributed by atoms with E-state index in [-0.39, 0.29) is 18.0 Å². The molecule has 0 unspecified atom stereocenters. The first-order valence-corrected chi connectivity index (χ1v) is 10.3. The number of methoxy groups -OCH3 is 2. The molecule has 8 nitrogen and oxygen atoms in total. The zero-order valence-electron chi connectivity index (χ0n) is 17.2. The average molecular weight is 436 g/mol. The summed E-state index contributed by atoms with van der Waals surface area (Å²) in [5, 5.41) is 2.91. The van der Waals surface area contributed by atoms with Gasteiger partial charge in [0.15, 0.2) is 11.5 Å². The summed E-state index contributed by atoms with van der Waals surface area (Å²) in [4.78, 5) is 38.3. The van der Waals surface area contributed by atoms with Gasteiger partial charge in [0.25, 0.3) is 11.5 Å². The van der Waals surface area contributed by atoms with Crippen molar-refractivity contribution in [2.75, 3.05) is 21.3 Å². The molecule has 0 aliphatic rings. The molecule has 0 saturated carbocycles. The summed E-state index contributed by atoms with van der Waals surface area (Å²) in [6.45, 7) is 0.155. The van der Waals surface area contributed by atoms with E-state index in [0.29, 0.717) is 38.9 Å². The molecule has 0 saturated heterocycles. The summed E-state index contributed by atoms with van der Waals surface area (Å²) >= 11 is 1.36. The second-order valence-corrected chi connectivity index (χ2v) is 7.66. The molecule has 1 amide bonds. The summed E-state index contributed by atoms with van der Waals surface area (Å²) in [6.07, 6.45) is 0. The summed E-state index contributed by atoms with van der Waals surface area (Å²) in [5.41, 5.74) is 1.50. The summed E-state index contributed by atoms with van der Waals surface area (Å²) < 4.78 is 10.6. The third kappa shape index (κ3) is 4.13. The second-order valence-electron chi connectivity index (χ2n) is 6.80. The van der Waals surface area contributed by atoms with E-state index in [1.165, 1.54) is 16.2 Å². The molecule has 9 heteroatoms. The number of ether oxygens (including phenoxy) is 2. The van der Waals surface area contributed by atoms with Gasteiger partial charge in [-0.2, -0.15) is 0 Å². The quantitative estimate of drug-likeness (QED) is 0.498. The Bertz CT molecular complexity index is 1310. The number of hydrogen-bond acceptors (Lipinski definition) is 7. The SMILES string of the molecule is COc1ccc(-c2nc(C(=O)N(C)Cc3nc4ccccc4c(=O)[nH]3)cs2)cc1OC. The Kier molecular flexibility index (Phi) is 5.68. The van der Waals surface area contributed by atoms with Crippen LogP contribution in [0, 0.1) is 0 Å². The minimum Gasteiger partial charge on any atom is -0.493 e.